The summed E-state index contributed by atoms with van der Waals surface area (Å²) in [5.41, 5.74) is 0.711. The van der Waals surface area contributed by atoms with Gasteiger partial charge in [0.25, 0.3) is 0 Å². The zero-order valence-electron chi connectivity index (χ0n) is 9.53. The van der Waals surface area contributed by atoms with E-state index >= 15 is 0 Å². The number of aromatic nitrogens is 1. The molecule has 0 unspecified atom stereocenters. The van der Waals surface area contributed by atoms with Gasteiger partial charge >= 0.3 is 5.97 Å². The molecule has 1 aromatic heterocycles. The molecule has 4 nitrogen and oxygen atoms in total. The minimum absolute atomic E-state index is 0.107. The summed E-state index contributed by atoms with van der Waals surface area (Å²) in [6, 6.07) is 5.29. The van der Waals surface area contributed by atoms with Crippen LogP contribution in [0.25, 0.3) is 11.1 Å². The van der Waals surface area contributed by atoms with Crippen LogP contribution in [0.5, 0.6) is 0 Å². The third-order valence-corrected chi connectivity index (χ3v) is 2.62. The van der Waals surface area contributed by atoms with Crippen LogP contribution < -0.4 is 5.56 Å². The quantitative estimate of drug-likeness (QED) is 0.854. The number of aromatic amines is 1. The fourth-order valence-corrected chi connectivity index (χ4v) is 1.70. The Balaban J connectivity index is 2.66. The van der Waals surface area contributed by atoms with Crippen LogP contribution in [0.1, 0.15) is 15.9 Å². The Labute approximate surface area is 102 Å². The van der Waals surface area contributed by atoms with Crippen molar-refractivity contribution in [1.82, 2.24) is 4.98 Å². The van der Waals surface area contributed by atoms with Crippen LogP contribution in [0.4, 0.5) is 4.39 Å². The molecule has 92 valence electrons. The Kier molecular flexibility index (Phi) is 2.97. The van der Waals surface area contributed by atoms with E-state index in [-0.39, 0.29) is 11.4 Å². The first-order valence-electron chi connectivity index (χ1n) is 5.21. The van der Waals surface area contributed by atoms with Crippen molar-refractivity contribution < 1.29 is 14.3 Å². The number of nitrogens with one attached hydrogen (secondary N) is 1. The van der Waals surface area contributed by atoms with Crippen molar-refractivity contribution in [3.63, 3.8) is 0 Å². The van der Waals surface area contributed by atoms with Crippen LogP contribution in [0.3, 0.4) is 0 Å². The van der Waals surface area contributed by atoms with Crippen LogP contribution in [-0.4, -0.2) is 16.1 Å². The number of rotatable bonds is 2. The highest BCUT2D eigenvalue weighted by atomic mass is 19.1. The Morgan fingerprint density at radius 3 is 2.67 bits per heavy atom. The zero-order valence-corrected chi connectivity index (χ0v) is 9.53. The fraction of sp³-hybridized carbons (Fsp3) is 0.0769. The molecule has 0 saturated heterocycles. The van der Waals surface area contributed by atoms with Gasteiger partial charge in [-0.25, -0.2) is 9.18 Å². The average Bonchev–Trinajstić information content (AvgIpc) is 2.32. The topological polar surface area (TPSA) is 70.2 Å². The maximum Gasteiger partial charge on any atom is 0.336 e. The van der Waals surface area contributed by atoms with Gasteiger partial charge in [-0.1, -0.05) is 6.07 Å². The highest BCUT2D eigenvalue weighted by molar-refractivity contribution is 5.95. The zero-order chi connectivity index (χ0) is 13.3. The molecule has 1 heterocycles. The van der Waals surface area contributed by atoms with Gasteiger partial charge in [0.2, 0.25) is 5.56 Å². The molecule has 2 N–H and O–H groups in total. The maximum absolute atomic E-state index is 13.2. The third kappa shape index (κ3) is 2.15. The third-order valence-electron chi connectivity index (χ3n) is 2.62. The number of carboxylic acid groups (broad SMARTS) is 1. The molecule has 2 rings (SSSR count). The van der Waals surface area contributed by atoms with Gasteiger partial charge in [0.05, 0.1) is 5.56 Å². The average molecular weight is 247 g/mol. The first kappa shape index (κ1) is 12.0. The van der Waals surface area contributed by atoms with Gasteiger partial charge in [0.1, 0.15) is 5.82 Å². The molecule has 0 amide bonds. The van der Waals surface area contributed by atoms with E-state index in [2.05, 4.69) is 4.98 Å². The predicted molar refractivity (Wildman–Crippen MR) is 64.2 cm³/mol. The molecule has 1 aromatic carbocycles. The van der Waals surface area contributed by atoms with Crippen molar-refractivity contribution >= 4 is 5.97 Å². The molecular formula is C13H10FNO3. The number of halogens is 1. The Morgan fingerprint density at radius 1 is 1.33 bits per heavy atom. The normalized spacial score (nSPS) is 10.3. The molecule has 5 heteroatoms. The highest BCUT2D eigenvalue weighted by Crippen LogP contribution is 2.24. The number of carbonyl (C=O) groups is 1. The van der Waals surface area contributed by atoms with Gasteiger partial charge in [-0.3, -0.25) is 4.79 Å². The number of benzene rings is 1. The first-order chi connectivity index (χ1) is 8.49. The minimum Gasteiger partial charge on any atom is -0.478 e. The molecule has 0 aliphatic rings. The van der Waals surface area contributed by atoms with Crippen LogP contribution in [0.2, 0.25) is 0 Å². The van der Waals surface area contributed by atoms with Gasteiger partial charge in [-0.05, 0) is 30.2 Å². The van der Waals surface area contributed by atoms with E-state index in [4.69, 9.17) is 5.11 Å². The van der Waals surface area contributed by atoms with Gasteiger partial charge in [0, 0.05) is 17.8 Å². The molecule has 0 saturated carbocycles. The van der Waals surface area contributed by atoms with Crippen molar-refractivity contribution in [2.75, 3.05) is 0 Å². The van der Waals surface area contributed by atoms with Gasteiger partial charge < -0.3 is 10.1 Å². The molecule has 2 aromatic rings. The molecule has 0 aliphatic heterocycles. The minimum atomic E-state index is -1.20. The number of H-pyrrole nitrogens is 1. The van der Waals surface area contributed by atoms with Crippen LogP contribution in [0.15, 0.2) is 35.3 Å². The number of aryl methyl sites for hydroxylation is 1. The predicted octanol–water partition coefficient (Wildman–Crippen LogP) is 2.19. The first-order valence-corrected chi connectivity index (χ1v) is 5.21. The van der Waals surface area contributed by atoms with Crippen molar-refractivity contribution in [2.24, 2.45) is 0 Å². The maximum atomic E-state index is 13.2. The SMILES string of the molecule is Cc1cc(-c2c[nH]c(=O)cc2C(=O)O)ccc1F. The highest BCUT2D eigenvalue weighted by Gasteiger charge is 2.13. The molecule has 0 atom stereocenters. The second-order valence-corrected chi connectivity index (χ2v) is 3.89. The lowest BCUT2D eigenvalue weighted by molar-refractivity contribution is 0.0697. The summed E-state index contributed by atoms with van der Waals surface area (Å²) < 4.78 is 13.2. The Morgan fingerprint density at radius 2 is 2.06 bits per heavy atom. The summed E-state index contributed by atoms with van der Waals surface area (Å²) in [7, 11) is 0. The molecular weight excluding hydrogens is 237 g/mol. The second-order valence-electron chi connectivity index (χ2n) is 3.89. The largest absolute Gasteiger partial charge is 0.478 e. The van der Waals surface area contributed by atoms with Gasteiger partial charge in [-0.15, -0.1) is 0 Å². The van der Waals surface area contributed by atoms with E-state index in [0.717, 1.165) is 6.07 Å². The van der Waals surface area contributed by atoms with E-state index in [1.807, 2.05) is 0 Å². The van der Waals surface area contributed by atoms with Crippen LogP contribution >= 0.6 is 0 Å². The second kappa shape index (κ2) is 4.44. The molecule has 0 spiro atoms. The smallest absolute Gasteiger partial charge is 0.336 e. The number of aromatic carboxylic acids is 1. The van der Waals surface area contributed by atoms with E-state index in [1.165, 1.54) is 24.4 Å². The fourth-order valence-electron chi connectivity index (χ4n) is 1.70. The lowest BCUT2D eigenvalue weighted by Crippen LogP contribution is -2.10. The summed E-state index contributed by atoms with van der Waals surface area (Å²) in [6.45, 7) is 1.59. The number of hydrogen-bond donors (Lipinski definition) is 2. The summed E-state index contributed by atoms with van der Waals surface area (Å²) in [5.74, 6) is -1.56. The summed E-state index contributed by atoms with van der Waals surface area (Å²) in [4.78, 5) is 24.6. The Bertz CT molecular complexity index is 676. The van der Waals surface area contributed by atoms with Crippen molar-refractivity contribution in [3.8, 4) is 11.1 Å². The van der Waals surface area contributed by atoms with Gasteiger partial charge in [-0.2, -0.15) is 0 Å². The lowest BCUT2D eigenvalue weighted by Gasteiger charge is -2.07. The van der Waals surface area contributed by atoms with Crippen LogP contribution in [-0.2, 0) is 0 Å². The lowest BCUT2D eigenvalue weighted by atomic mass is 10.0. The summed E-state index contributed by atoms with van der Waals surface area (Å²) >= 11 is 0. The van der Waals surface area contributed by atoms with Crippen molar-refractivity contribution in [1.29, 1.82) is 0 Å². The van der Waals surface area contributed by atoms with E-state index in [9.17, 15) is 14.0 Å². The molecule has 0 aliphatic carbocycles. The standard InChI is InChI=1S/C13H10FNO3/c1-7-4-8(2-3-11(7)14)10-6-15-12(16)5-9(10)13(17)18/h2-6H,1H3,(H,15,16)(H,17,18). The van der Waals surface area contributed by atoms with Crippen molar-refractivity contribution in [2.45, 2.75) is 6.92 Å². The van der Waals surface area contributed by atoms with Crippen molar-refractivity contribution in [3.05, 3.63) is 57.8 Å². The van der Waals surface area contributed by atoms with Gasteiger partial charge in [0.15, 0.2) is 0 Å². The van der Waals surface area contributed by atoms with E-state index < -0.39 is 11.5 Å². The molecule has 0 bridgehead atoms. The molecule has 18 heavy (non-hydrogen) atoms. The summed E-state index contributed by atoms with van der Waals surface area (Å²) in [5, 5.41) is 9.05. The number of hydrogen-bond acceptors (Lipinski definition) is 2. The Hall–Kier alpha value is -2.43. The molecule has 0 radical (unpaired) electrons. The number of carboxylic acids is 1. The van der Waals surface area contributed by atoms with E-state index in [0.29, 0.717) is 16.7 Å². The molecule has 0 fully saturated rings. The van der Waals surface area contributed by atoms with E-state index in [1.54, 1.807) is 6.92 Å². The summed E-state index contributed by atoms with van der Waals surface area (Å²) in [6.07, 6.45) is 1.32. The monoisotopic (exact) mass is 247 g/mol. The number of pyridine rings is 1. The van der Waals surface area contributed by atoms with Crippen LogP contribution in [0, 0.1) is 12.7 Å².